The minimum absolute atomic E-state index is 0.0639. The number of anilines is 1. The Morgan fingerprint density at radius 3 is 2.47 bits per heavy atom. The largest absolute Gasteiger partial charge is 0.497 e. The number of nitrogens with zero attached hydrogens (tertiary/aromatic N) is 2. The van der Waals surface area contributed by atoms with Crippen molar-refractivity contribution in [2.45, 2.75) is 24.3 Å². The summed E-state index contributed by atoms with van der Waals surface area (Å²) in [4.78, 5) is 21.3. The summed E-state index contributed by atoms with van der Waals surface area (Å²) in [6.45, 7) is 0.737. The molecule has 0 unspecified atom stereocenters. The molecular weight excluding hydrogens is 436 g/mol. The second-order valence-corrected chi connectivity index (χ2v) is 8.12. The minimum atomic E-state index is -0.247. The second-order valence-electron chi connectivity index (χ2n) is 8.12. The Hall–Kier alpha value is -3.69. The summed E-state index contributed by atoms with van der Waals surface area (Å²) in [7, 11) is 1.64. The SMILES string of the molecule is COc1ccc(-c2ccnc(N[C@@H]3CO[C@@H]4[C@@H]3OC[C@@H]4NC(=O)COc3ccccc3)n2)cc1. The molecule has 5 rings (SSSR count). The van der Waals surface area contributed by atoms with E-state index in [9.17, 15) is 4.79 Å². The van der Waals surface area contributed by atoms with Crippen LogP contribution >= 0.6 is 0 Å². The van der Waals surface area contributed by atoms with Gasteiger partial charge in [0, 0.05) is 11.8 Å². The van der Waals surface area contributed by atoms with E-state index in [0.29, 0.717) is 24.9 Å². The number of methoxy groups -OCH3 is 1. The maximum Gasteiger partial charge on any atom is 0.258 e. The van der Waals surface area contributed by atoms with Crippen molar-refractivity contribution >= 4 is 11.9 Å². The van der Waals surface area contributed by atoms with E-state index in [4.69, 9.17) is 18.9 Å². The maximum absolute atomic E-state index is 12.4. The highest BCUT2D eigenvalue weighted by Crippen LogP contribution is 2.29. The Balaban J connectivity index is 1.16. The normalized spacial score (nSPS) is 23.2. The molecule has 2 fully saturated rings. The lowest BCUT2D eigenvalue weighted by atomic mass is 10.1. The quantitative estimate of drug-likeness (QED) is 0.526. The van der Waals surface area contributed by atoms with Crippen molar-refractivity contribution < 1.29 is 23.7 Å². The van der Waals surface area contributed by atoms with Crippen LogP contribution in [0.25, 0.3) is 11.3 Å². The predicted octanol–water partition coefficient (Wildman–Crippen LogP) is 2.29. The first-order valence-electron chi connectivity index (χ1n) is 11.1. The van der Waals surface area contributed by atoms with Gasteiger partial charge in [0.05, 0.1) is 38.1 Å². The first kappa shape index (κ1) is 22.1. The molecule has 1 amide bonds. The molecule has 0 aliphatic carbocycles. The first-order valence-corrected chi connectivity index (χ1v) is 11.1. The minimum Gasteiger partial charge on any atom is -0.497 e. The number of aromatic nitrogens is 2. The fourth-order valence-corrected chi connectivity index (χ4v) is 4.18. The molecule has 3 heterocycles. The van der Waals surface area contributed by atoms with Gasteiger partial charge in [-0.3, -0.25) is 4.79 Å². The van der Waals surface area contributed by atoms with E-state index < -0.39 is 0 Å². The summed E-state index contributed by atoms with van der Waals surface area (Å²) in [5.74, 6) is 1.72. The number of carbonyl (C=O) groups is 1. The number of benzene rings is 2. The molecule has 2 aromatic carbocycles. The number of hydrogen-bond acceptors (Lipinski definition) is 8. The van der Waals surface area contributed by atoms with Crippen molar-refractivity contribution in [1.29, 1.82) is 0 Å². The van der Waals surface area contributed by atoms with E-state index in [1.165, 1.54) is 0 Å². The van der Waals surface area contributed by atoms with Crippen LogP contribution in [0.5, 0.6) is 11.5 Å². The first-order chi connectivity index (χ1) is 16.7. The zero-order chi connectivity index (χ0) is 23.3. The summed E-state index contributed by atoms with van der Waals surface area (Å²) in [5.41, 5.74) is 1.76. The second kappa shape index (κ2) is 10.1. The lowest BCUT2D eigenvalue weighted by Crippen LogP contribution is -2.46. The van der Waals surface area contributed by atoms with Crippen LogP contribution in [0, 0.1) is 0 Å². The highest BCUT2D eigenvalue weighted by molar-refractivity contribution is 5.78. The van der Waals surface area contributed by atoms with Crippen LogP contribution in [-0.2, 0) is 14.3 Å². The van der Waals surface area contributed by atoms with Crippen LogP contribution in [0.1, 0.15) is 0 Å². The Kier molecular flexibility index (Phi) is 6.55. The fraction of sp³-hybridized carbons (Fsp3) is 0.320. The number of amides is 1. The van der Waals surface area contributed by atoms with Crippen LogP contribution in [0.4, 0.5) is 5.95 Å². The number of fused-ring (bicyclic) bond motifs is 1. The smallest absolute Gasteiger partial charge is 0.258 e. The van der Waals surface area contributed by atoms with Gasteiger partial charge in [-0.1, -0.05) is 18.2 Å². The Morgan fingerprint density at radius 2 is 1.71 bits per heavy atom. The molecule has 0 bridgehead atoms. The summed E-state index contributed by atoms with van der Waals surface area (Å²) < 4.78 is 22.7. The molecule has 2 aliphatic heterocycles. The number of hydrogen-bond donors (Lipinski definition) is 2. The fourth-order valence-electron chi connectivity index (χ4n) is 4.18. The van der Waals surface area contributed by atoms with Crippen LogP contribution in [0.3, 0.4) is 0 Å². The van der Waals surface area contributed by atoms with Crippen molar-refractivity contribution in [2.75, 3.05) is 32.2 Å². The van der Waals surface area contributed by atoms with Gasteiger partial charge < -0.3 is 29.6 Å². The molecule has 0 saturated carbocycles. The third kappa shape index (κ3) is 4.95. The van der Waals surface area contributed by atoms with Crippen molar-refractivity contribution in [2.24, 2.45) is 0 Å². The standard InChI is InChI=1S/C25H26N4O5/c1-31-17-9-7-16(8-10-17)19-11-12-26-25(28-19)29-21-14-34-23-20(13-33-24(21)23)27-22(30)15-32-18-5-3-2-4-6-18/h2-12,20-21,23-24H,13-15H2,1H3,(H,27,30)(H,26,28,29)/t20-,21+,23-,24+/m0/s1. The summed E-state index contributed by atoms with van der Waals surface area (Å²) >= 11 is 0. The van der Waals surface area contributed by atoms with Gasteiger partial charge in [-0.15, -0.1) is 0 Å². The van der Waals surface area contributed by atoms with Crippen molar-refractivity contribution in [3.05, 3.63) is 66.9 Å². The lowest BCUT2D eigenvalue weighted by molar-refractivity contribution is -0.124. The van der Waals surface area contributed by atoms with Crippen LogP contribution in [-0.4, -0.2) is 67.1 Å². The zero-order valence-corrected chi connectivity index (χ0v) is 18.7. The maximum atomic E-state index is 12.4. The van der Waals surface area contributed by atoms with Crippen LogP contribution in [0.15, 0.2) is 66.9 Å². The van der Waals surface area contributed by atoms with Crippen molar-refractivity contribution in [3.63, 3.8) is 0 Å². The van der Waals surface area contributed by atoms with Gasteiger partial charge in [0.1, 0.15) is 23.7 Å². The molecule has 9 heteroatoms. The number of carbonyl (C=O) groups excluding carboxylic acids is 1. The summed E-state index contributed by atoms with van der Waals surface area (Å²) in [6.07, 6.45) is 1.25. The molecule has 34 heavy (non-hydrogen) atoms. The summed E-state index contributed by atoms with van der Waals surface area (Å²) in [6, 6.07) is 18.4. The molecular formula is C25H26N4O5. The van der Waals surface area contributed by atoms with Gasteiger partial charge in [-0.05, 0) is 42.5 Å². The van der Waals surface area contributed by atoms with E-state index in [1.54, 1.807) is 13.3 Å². The average Bonchev–Trinajstić information content (AvgIpc) is 3.47. The van der Waals surface area contributed by atoms with Gasteiger partial charge in [0.2, 0.25) is 5.95 Å². The Labute approximate surface area is 197 Å². The third-order valence-corrected chi connectivity index (χ3v) is 5.87. The molecule has 1 aromatic heterocycles. The van der Waals surface area contributed by atoms with Crippen molar-refractivity contribution in [3.8, 4) is 22.8 Å². The molecule has 9 nitrogen and oxygen atoms in total. The molecule has 176 valence electrons. The molecule has 4 atom stereocenters. The Bertz CT molecular complexity index is 1110. The number of ether oxygens (including phenoxy) is 4. The molecule has 0 spiro atoms. The Morgan fingerprint density at radius 1 is 0.971 bits per heavy atom. The van der Waals surface area contributed by atoms with Gasteiger partial charge in [-0.25, -0.2) is 9.97 Å². The number of para-hydroxylation sites is 1. The molecule has 2 N–H and O–H groups in total. The van der Waals surface area contributed by atoms with E-state index >= 15 is 0 Å². The highest BCUT2D eigenvalue weighted by Gasteiger charge is 2.48. The monoisotopic (exact) mass is 462 g/mol. The molecule has 2 saturated heterocycles. The zero-order valence-electron chi connectivity index (χ0n) is 18.7. The number of rotatable bonds is 8. The number of nitrogens with one attached hydrogen (secondary N) is 2. The molecule has 2 aliphatic rings. The van der Waals surface area contributed by atoms with E-state index in [1.807, 2.05) is 60.7 Å². The highest BCUT2D eigenvalue weighted by atomic mass is 16.6. The topological polar surface area (TPSA) is 104 Å². The van der Waals surface area contributed by atoms with Gasteiger partial charge in [0.25, 0.3) is 5.91 Å². The van der Waals surface area contributed by atoms with Crippen LogP contribution in [0.2, 0.25) is 0 Å². The van der Waals surface area contributed by atoms with Crippen molar-refractivity contribution in [1.82, 2.24) is 15.3 Å². The van der Waals surface area contributed by atoms with E-state index in [-0.39, 0.29) is 36.8 Å². The van der Waals surface area contributed by atoms with Gasteiger partial charge in [0.15, 0.2) is 6.61 Å². The average molecular weight is 463 g/mol. The van der Waals surface area contributed by atoms with Crippen LogP contribution < -0.4 is 20.1 Å². The lowest BCUT2D eigenvalue weighted by Gasteiger charge is -2.18. The molecule has 0 radical (unpaired) electrons. The predicted molar refractivity (Wildman–Crippen MR) is 125 cm³/mol. The van der Waals surface area contributed by atoms with Gasteiger partial charge >= 0.3 is 0 Å². The van der Waals surface area contributed by atoms with E-state index in [0.717, 1.165) is 17.0 Å². The van der Waals surface area contributed by atoms with Gasteiger partial charge in [-0.2, -0.15) is 0 Å². The van der Waals surface area contributed by atoms with E-state index in [2.05, 4.69) is 20.6 Å². The third-order valence-electron chi connectivity index (χ3n) is 5.87. The summed E-state index contributed by atoms with van der Waals surface area (Å²) in [5, 5.41) is 6.29. The molecule has 3 aromatic rings.